The molecule has 1 aromatic carbocycles. The highest BCUT2D eigenvalue weighted by Gasteiger charge is 2.60. The van der Waals surface area contributed by atoms with Crippen molar-refractivity contribution in [3.63, 3.8) is 0 Å². The minimum atomic E-state index is -2.38. The Balaban J connectivity index is 0.000000350. The van der Waals surface area contributed by atoms with Crippen molar-refractivity contribution in [3.8, 4) is 0 Å². The molecule has 1 aromatic heterocycles. The first kappa shape index (κ1) is 45.3. The summed E-state index contributed by atoms with van der Waals surface area (Å²) in [4.78, 5) is 42.2. The van der Waals surface area contributed by atoms with Crippen LogP contribution < -0.4 is 39.2 Å². The zero-order valence-electron chi connectivity index (χ0n) is 31.5. The quantitative estimate of drug-likeness (QED) is 0.0435. The lowest BCUT2D eigenvalue weighted by molar-refractivity contribution is -0.314. The molecule has 3 aliphatic rings. The normalized spacial score (nSPS) is 36.4. The number of hydrogen-bond donors (Lipinski definition) is 13. The number of aliphatic hydroxyl groups excluding tert-OH is 6. The Bertz CT molecular complexity index is 1830. The molecule has 23 nitrogen and oxygen atoms in total. The molecule has 17 N–H and O–H groups in total. The highest BCUT2D eigenvalue weighted by Crippen LogP contribution is 2.38. The second kappa shape index (κ2) is 18.9. The summed E-state index contributed by atoms with van der Waals surface area (Å²) in [6.45, 7) is 4.25. The number of carbonyl (C=O) groups is 2. The molecule has 57 heavy (non-hydrogen) atoms. The van der Waals surface area contributed by atoms with Gasteiger partial charge in [-0.15, -0.1) is 0 Å². The summed E-state index contributed by atoms with van der Waals surface area (Å²) in [5.74, 6) is -1.10. The number of amides is 1. The van der Waals surface area contributed by atoms with Gasteiger partial charge in [-0.3, -0.25) is 9.59 Å². The molecule has 0 spiro atoms. The summed E-state index contributed by atoms with van der Waals surface area (Å²) < 4.78 is 28.0. The molecule has 318 valence electrons. The molecule has 2 aliphatic heterocycles. The summed E-state index contributed by atoms with van der Waals surface area (Å²) in [7, 11) is 1.42. The maximum atomic E-state index is 12.1. The van der Waals surface area contributed by atoms with E-state index in [0.29, 0.717) is 17.7 Å². The number of ether oxygens (including phenoxy) is 4. The van der Waals surface area contributed by atoms with Crippen LogP contribution in [0, 0.1) is 6.92 Å². The number of nitrogens with two attached hydrogens (primary N) is 4. The minimum absolute atomic E-state index is 0.0700. The molecule has 3 heterocycles. The smallest absolute Gasteiger partial charge is 0.336 e. The SMILES string of the molecule is CCC(=O)Nc1ccc2c(C)cc(=O)oc2c1.CN[C@@H]1[C@H](O[C@H]2[C@H](O[C@H]3[C@H](O)[C@@H](O)[C@H](N=C(N)N)[C@@H](O)[C@@H]3N=C(N)N)O[C@@H](C)[C@]2(O)C=O)O[C@@H](CO)[C@H](O)[C@H]1O. The number of aryl methyl sites for hydroxylation is 1. The number of aliphatic hydroxyl groups is 7. The number of nitrogens with zero attached hydrogens (tertiary/aromatic N) is 2. The molecule has 0 bridgehead atoms. The van der Waals surface area contributed by atoms with Gasteiger partial charge in [-0.05, 0) is 38.6 Å². The Hall–Kier alpha value is -4.37. The Morgan fingerprint density at radius 3 is 2.16 bits per heavy atom. The van der Waals surface area contributed by atoms with Gasteiger partial charge in [-0.25, -0.2) is 14.8 Å². The summed E-state index contributed by atoms with van der Waals surface area (Å²) in [5.41, 5.74) is 21.0. The molecule has 15 atom stereocenters. The largest absolute Gasteiger partial charge is 0.423 e. The average molecular weight is 813 g/mol. The first-order valence-corrected chi connectivity index (χ1v) is 17.8. The van der Waals surface area contributed by atoms with Crippen molar-refractivity contribution in [3.05, 3.63) is 40.2 Å². The van der Waals surface area contributed by atoms with Gasteiger partial charge in [0.2, 0.25) is 5.91 Å². The maximum Gasteiger partial charge on any atom is 0.336 e. The number of likely N-dealkylation sites (N-methyl/N-ethyl adjacent to an activating group) is 1. The van der Waals surface area contributed by atoms with Gasteiger partial charge in [0.15, 0.2) is 36.4 Å². The fourth-order valence-electron chi connectivity index (χ4n) is 6.73. The van der Waals surface area contributed by atoms with E-state index >= 15 is 0 Å². The number of hydrogen-bond acceptors (Lipinski definition) is 18. The zero-order valence-corrected chi connectivity index (χ0v) is 31.5. The van der Waals surface area contributed by atoms with Crippen molar-refractivity contribution in [2.75, 3.05) is 19.0 Å². The van der Waals surface area contributed by atoms with Gasteiger partial charge < -0.3 is 92.7 Å². The van der Waals surface area contributed by atoms with Crippen LogP contribution in [0.15, 0.2) is 43.5 Å². The van der Waals surface area contributed by atoms with Crippen LogP contribution in [-0.4, -0.2) is 165 Å². The van der Waals surface area contributed by atoms with E-state index in [2.05, 4.69) is 20.6 Å². The molecule has 1 amide bonds. The van der Waals surface area contributed by atoms with Crippen molar-refractivity contribution >= 4 is 40.8 Å². The lowest BCUT2D eigenvalue weighted by Gasteiger charge is -2.45. The van der Waals surface area contributed by atoms with Crippen molar-refractivity contribution in [1.82, 2.24) is 5.32 Å². The Morgan fingerprint density at radius 1 is 0.930 bits per heavy atom. The van der Waals surface area contributed by atoms with E-state index in [0.717, 1.165) is 10.9 Å². The molecule has 1 saturated carbocycles. The van der Waals surface area contributed by atoms with Crippen LogP contribution in [0.4, 0.5) is 5.69 Å². The molecular weight excluding hydrogens is 760 g/mol. The van der Waals surface area contributed by atoms with Crippen LogP contribution in [0.25, 0.3) is 11.0 Å². The van der Waals surface area contributed by atoms with Gasteiger partial charge in [0, 0.05) is 29.6 Å². The van der Waals surface area contributed by atoms with E-state index in [4.69, 9.17) is 46.3 Å². The lowest BCUT2D eigenvalue weighted by atomic mass is 9.81. The molecule has 1 aliphatic carbocycles. The van der Waals surface area contributed by atoms with Crippen LogP contribution in [0.1, 0.15) is 25.8 Å². The number of fused-ring (bicyclic) bond motifs is 1. The molecule has 5 rings (SSSR count). The number of aliphatic imine (C=N–C) groups is 2. The first-order valence-electron chi connectivity index (χ1n) is 17.8. The fraction of sp³-hybridized carbons (Fsp3) is 0.618. The van der Waals surface area contributed by atoms with E-state index in [1.807, 2.05) is 13.0 Å². The highest BCUT2D eigenvalue weighted by molar-refractivity contribution is 5.93. The molecule has 0 radical (unpaired) electrons. The summed E-state index contributed by atoms with van der Waals surface area (Å²) >= 11 is 0. The second-order valence-corrected chi connectivity index (χ2v) is 13.8. The third kappa shape index (κ3) is 9.85. The van der Waals surface area contributed by atoms with Crippen molar-refractivity contribution in [1.29, 1.82) is 0 Å². The van der Waals surface area contributed by atoms with E-state index in [-0.39, 0.29) is 17.8 Å². The molecular formula is C34H52N8O15. The molecule has 3 fully saturated rings. The predicted molar refractivity (Wildman–Crippen MR) is 199 cm³/mol. The highest BCUT2D eigenvalue weighted by atomic mass is 16.8. The van der Waals surface area contributed by atoms with Crippen LogP contribution in [0.2, 0.25) is 0 Å². The number of rotatable bonds is 11. The fourth-order valence-corrected chi connectivity index (χ4v) is 6.73. The number of aldehydes is 1. The van der Waals surface area contributed by atoms with Gasteiger partial charge in [0.05, 0.1) is 18.8 Å². The van der Waals surface area contributed by atoms with Crippen LogP contribution in [-0.2, 0) is 28.5 Å². The van der Waals surface area contributed by atoms with E-state index < -0.39 is 110 Å². The van der Waals surface area contributed by atoms with Gasteiger partial charge >= 0.3 is 5.63 Å². The third-order valence-electron chi connectivity index (χ3n) is 9.89. The zero-order chi connectivity index (χ0) is 42.5. The van der Waals surface area contributed by atoms with Crippen LogP contribution in [0.3, 0.4) is 0 Å². The first-order chi connectivity index (χ1) is 26.8. The molecule has 0 unspecified atom stereocenters. The number of anilines is 1. The average Bonchev–Trinajstić information content (AvgIpc) is 3.39. The molecule has 23 heteroatoms. The number of carbonyl (C=O) groups excluding carboxylic acids is 2. The molecule has 2 saturated heterocycles. The van der Waals surface area contributed by atoms with Crippen LogP contribution >= 0.6 is 0 Å². The standard InChI is InChI=1S/C21H39N7O12.C13H13NO3/c1-5-21(36,4-30)16(40-17-9(26-2)13(34)10(31)6(3-29)38-17)18(37-5)39-15-8(28-20(24)25)11(32)7(27-19(22)23)12(33)14(15)35;1-3-12(15)14-9-4-5-10-8(2)6-13(16)17-11(10)7-9/h4-18,26,29,31-36H,3H2,1-2H3,(H4,22,23,27)(H4,24,25,28);4-7H,3H2,1-2H3,(H,14,15)/t5-,6-,7+,8-,9-,10-,11+,12-,13-,14+,15+,16-,17-,18-,21+;/m0./s1. The van der Waals surface area contributed by atoms with E-state index in [1.165, 1.54) is 20.0 Å². The van der Waals surface area contributed by atoms with Gasteiger partial charge in [-0.1, -0.05) is 6.92 Å². The van der Waals surface area contributed by atoms with Crippen molar-refractivity contribution in [2.45, 2.75) is 118 Å². The Morgan fingerprint density at radius 2 is 1.58 bits per heavy atom. The van der Waals surface area contributed by atoms with Gasteiger partial charge in [-0.2, -0.15) is 0 Å². The summed E-state index contributed by atoms with van der Waals surface area (Å²) in [5, 5.41) is 80.2. The Kier molecular flexibility index (Phi) is 15.1. The summed E-state index contributed by atoms with van der Waals surface area (Å²) in [6.07, 6.45) is -16.9. The number of guanidine groups is 2. The second-order valence-electron chi connectivity index (χ2n) is 13.8. The monoisotopic (exact) mass is 812 g/mol. The number of benzene rings is 1. The summed E-state index contributed by atoms with van der Waals surface area (Å²) in [6, 6.07) is 2.66. The Labute approximate surface area is 325 Å². The molecule has 2 aromatic rings. The topological polar surface area (TPSA) is 396 Å². The van der Waals surface area contributed by atoms with Gasteiger partial charge in [0.1, 0.15) is 66.5 Å². The predicted octanol–water partition coefficient (Wildman–Crippen LogP) is -5.71. The third-order valence-corrected chi connectivity index (χ3v) is 9.89. The maximum absolute atomic E-state index is 12.1. The van der Waals surface area contributed by atoms with Gasteiger partial charge in [0.25, 0.3) is 0 Å². The lowest BCUT2D eigenvalue weighted by Crippen LogP contribution is -2.66. The number of nitrogens with one attached hydrogen (secondary N) is 2. The van der Waals surface area contributed by atoms with Crippen LogP contribution in [0.5, 0.6) is 0 Å². The minimum Gasteiger partial charge on any atom is -0.423 e. The van der Waals surface area contributed by atoms with Crippen molar-refractivity contribution in [2.24, 2.45) is 32.9 Å². The van der Waals surface area contributed by atoms with E-state index in [1.54, 1.807) is 19.1 Å². The van der Waals surface area contributed by atoms with E-state index in [9.17, 15) is 50.1 Å². The van der Waals surface area contributed by atoms with Crippen molar-refractivity contribution < 1.29 is 68.7 Å².